The minimum atomic E-state index is 0.0579. The van der Waals surface area contributed by atoms with Crippen LogP contribution in [0.5, 0.6) is 0 Å². The Morgan fingerprint density at radius 1 is 1.05 bits per heavy atom. The van der Waals surface area contributed by atoms with Crippen LogP contribution in [0.15, 0.2) is 30.3 Å². The summed E-state index contributed by atoms with van der Waals surface area (Å²) in [6, 6.07) is 10.5. The lowest BCUT2D eigenvalue weighted by molar-refractivity contribution is -0.0653. The molecule has 0 bridgehead atoms. The predicted molar refractivity (Wildman–Crippen MR) is 80.2 cm³/mol. The lowest BCUT2D eigenvalue weighted by atomic mass is 9.94. The van der Waals surface area contributed by atoms with Gasteiger partial charge >= 0.3 is 0 Å². The van der Waals surface area contributed by atoms with E-state index in [9.17, 15) is 0 Å². The number of ether oxygens (including phenoxy) is 1. The van der Waals surface area contributed by atoms with Crippen LogP contribution in [0.4, 0.5) is 0 Å². The monoisotopic (exact) mass is 261 g/mol. The van der Waals surface area contributed by atoms with Gasteiger partial charge in [-0.25, -0.2) is 0 Å². The Bertz CT molecular complexity index is 342. The van der Waals surface area contributed by atoms with Gasteiger partial charge in [-0.05, 0) is 24.9 Å². The van der Waals surface area contributed by atoms with E-state index in [1.54, 1.807) is 0 Å². The van der Waals surface area contributed by atoms with Crippen LogP contribution in [0.2, 0.25) is 0 Å². The third-order valence-corrected chi connectivity index (χ3v) is 4.10. The van der Waals surface area contributed by atoms with Gasteiger partial charge in [0, 0.05) is 6.54 Å². The summed E-state index contributed by atoms with van der Waals surface area (Å²) in [4.78, 5) is 0. The first-order chi connectivity index (χ1) is 9.35. The predicted octanol–water partition coefficient (Wildman–Crippen LogP) is 3.91. The molecule has 1 fully saturated rings. The second-order valence-corrected chi connectivity index (χ2v) is 5.65. The minimum absolute atomic E-state index is 0.0579. The second-order valence-electron chi connectivity index (χ2n) is 5.65. The SMILES string of the molecule is CCNCC1(OCc2ccccc2)CCCCCC1. The van der Waals surface area contributed by atoms with Crippen molar-refractivity contribution in [3.63, 3.8) is 0 Å². The van der Waals surface area contributed by atoms with Gasteiger partial charge < -0.3 is 10.1 Å². The quantitative estimate of drug-likeness (QED) is 0.784. The van der Waals surface area contributed by atoms with Crippen LogP contribution >= 0.6 is 0 Å². The van der Waals surface area contributed by atoms with Crippen molar-refractivity contribution in [2.75, 3.05) is 13.1 Å². The molecule has 106 valence electrons. The molecule has 0 heterocycles. The molecular formula is C17H27NO. The van der Waals surface area contributed by atoms with Crippen LogP contribution in [0.3, 0.4) is 0 Å². The van der Waals surface area contributed by atoms with Crippen molar-refractivity contribution >= 4 is 0 Å². The zero-order chi connectivity index (χ0) is 13.4. The Kier molecular flexibility index (Phi) is 5.87. The standard InChI is InChI=1S/C17H27NO/c1-2-18-15-17(12-8-3-4-9-13-17)19-14-16-10-6-5-7-11-16/h5-7,10-11,18H,2-4,8-9,12-15H2,1H3. The molecule has 2 nitrogen and oxygen atoms in total. The van der Waals surface area contributed by atoms with Crippen LogP contribution in [-0.2, 0) is 11.3 Å². The highest BCUT2D eigenvalue weighted by molar-refractivity contribution is 5.13. The van der Waals surface area contributed by atoms with Crippen molar-refractivity contribution in [3.05, 3.63) is 35.9 Å². The Labute approximate surface area is 117 Å². The van der Waals surface area contributed by atoms with E-state index in [1.165, 1.54) is 44.1 Å². The van der Waals surface area contributed by atoms with Crippen molar-refractivity contribution < 1.29 is 4.74 Å². The zero-order valence-corrected chi connectivity index (χ0v) is 12.2. The highest BCUT2D eigenvalue weighted by atomic mass is 16.5. The summed E-state index contributed by atoms with van der Waals surface area (Å²) in [6.45, 7) is 4.93. The van der Waals surface area contributed by atoms with Gasteiger partial charge in [0.15, 0.2) is 0 Å². The van der Waals surface area contributed by atoms with Gasteiger partial charge in [0.1, 0.15) is 0 Å². The fraction of sp³-hybridized carbons (Fsp3) is 0.647. The van der Waals surface area contributed by atoms with Gasteiger partial charge in [-0.15, -0.1) is 0 Å². The molecule has 1 aromatic carbocycles. The summed E-state index contributed by atoms with van der Waals surface area (Å²) >= 11 is 0. The largest absolute Gasteiger partial charge is 0.369 e. The lowest BCUT2D eigenvalue weighted by Gasteiger charge is -2.33. The summed E-state index contributed by atoms with van der Waals surface area (Å²) in [7, 11) is 0. The Morgan fingerprint density at radius 3 is 2.37 bits per heavy atom. The minimum Gasteiger partial charge on any atom is -0.369 e. The van der Waals surface area contributed by atoms with Crippen molar-refractivity contribution in [1.82, 2.24) is 5.32 Å². The maximum Gasteiger partial charge on any atom is 0.0810 e. The normalized spacial score (nSPS) is 19.0. The number of hydrogen-bond acceptors (Lipinski definition) is 2. The molecule has 2 heteroatoms. The zero-order valence-electron chi connectivity index (χ0n) is 12.2. The van der Waals surface area contributed by atoms with Crippen LogP contribution in [-0.4, -0.2) is 18.7 Å². The molecule has 1 aliphatic carbocycles. The number of nitrogens with one attached hydrogen (secondary N) is 1. The van der Waals surface area contributed by atoms with Gasteiger partial charge in [0.05, 0.1) is 12.2 Å². The molecule has 1 aliphatic rings. The third kappa shape index (κ3) is 4.63. The third-order valence-electron chi connectivity index (χ3n) is 4.10. The number of benzene rings is 1. The van der Waals surface area contributed by atoms with E-state index in [-0.39, 0.29) is 5.60 Å². The van der Waals surface area contributed by atoms with Crippen molar-refractivity contribution in [2.24, 2.45) is 0 Å². The fourth-order valence-electron chi connectivity index (χ4n) is 2.91. The number of hydrogen-bond donors (Lipinski definition) is 1. The highest BCUT2D eigenvalue weighted by Gasteiger charge is 2.31. The molecule has 1 saturated carbocycles. The van der Waals surface area contributed by atoms with Gasteiger partial charge in [-0.3, -0.25) is 0 Å². The molecule has 0 amide bonds. The lowest BCUT2D eigenvalue weighted by Crippen LogP contribution is -2.42. The molecule has 0 saturated heterocycles. The van der Waals surface area contributed by atoms with E-state index >= 15 is 0 Å². The molecule has 2 rings (SSSR count). The first-order valence-corrected chi connectivity index (χ1v) is 7.73. The molecule has 0 aromatic heterocycles. The summed E-state index contributed by atoms with van der Waals surface area (Å²) in [6.07, 6.45) is 7.74. The number of likely N-dealkylation sites (N-methyl/N-ethyl adjacent to an activating group) is 1. The van der Waals surface area contributed by atoms with Crippen molar-refractivity contribution in [2.45, 2.75) is 57.7 Å². The summed E-state index contributed by atoms with van der Waals surface area (Å²) in [5.74, 6) is 0. The van der Waals surface area contributed by atoms with E-state index < -0.39 is 0 Å². The van der Waals surface area contributed by atoms with Crippen LogP contribution in [0, 0.1) is 0 Å². The molecule has 0 spiro atoms. The second kappa shape index (κ2) is 7.66. The van der Waals surface area contributed by atoms with Crippen LogP contribution in [0.25, 0.3) is 0 Å². The average molecular weight is 261 g/mol. The summed E-state index contributed by atoms with van der Waals surface area (Å²) < 4.78 is 6.38. The number of rotatable bonds is 6. The average Bonchev–Trinajstić information content (AvgIpc) is 2.70. The first kappa shape index (κ1) is 14.5. The molecule has 19 heavy (non-hydrogen) atoms. The summed E-state index contributed by atoms with van der Waals surface area (Å²) in [5, 5.41) is 3.50. The van der Waals surface area contributed by atoms with E-state index in [2.05, 4.69) is 42.6 Å². The van der Waals surface area contributed by atoms with E-state index in [0.717, 1.165) is 19.7 Å². The maximum atomic E-state index is 6.38. The van der Waals surface area contributed by atoms with Crippen molar-refractivity contribution in [1.29, 1.82) is 0 Å². The van der Waals surface area contributed by atoms with Gasteiger partial charge in [0.2, 0.25) is 0 Å². The van der Waals surface area contributed by atoms with Gasteiger partial charge in [0.25, 0.3) is 0 Å². The Morgan fingerprint density at radius 2 is 1.74 bits per heavy atom. The fourth-order valence-corrected chi connectivity index (χ4v) is 2.91. The molecule has 0 aliphatic heterocycles. The van der Waals surface area contributed by atoms with Gasteiger partial charge in [-0.1, -0.05) is 62.9 Å². The highest BCUT2D eigenvalue weighted by Crippen LogP contribution is 2.31. The Balaban J connectivity index is 1.96. The van der Waals surface area contributed by atoms with Gasteiger partial charge in [-0.2, -0.15) is 0 Å². The topological polar surface area (TPSA) is 21.3 Å². The first-order valence-electron chi connectivity index (χ1n) is 7.73. The molecule has 1 aromatic rings. The summed E-state index contributed by atoms with van der Waals surface area (Å²) in [5.41, 5.74) is 1.34. The van der Waals surface area contributed by atoms with Crippen LogP contribution < -0.4 is 5.32 Å². The smallest absolute Gasteiger partial charge is 0.0810 e. The molecule has 0 atom stereocenters. The van der Waals surface area contributed by atoms with Crippen molar-refractivity contribution in [3.8, 4) is 0 Å². The van der Waals surface area contributed by atoms with Crippen LogP contribution in [0.1, 0.15) is 51.0 Å². The van der Waals surface area contributed by atoms with E-state index in [4.69, 9.17) is 4.74 Å². The molecule has 1 N–H and O–H groups in total. The molecule has 0 unspecified atom stereocenters. The maximum absolute atomic E-state index is 6.38. The molecule has 0 radical (unpaired) electrons. The Hall–Kier alpha value is -0.860. The molecular weight excluding hydrogens is 234 g/mol. The van der Waals surface area contributed by atoms with E-state index in [0.29, 0.717) is 0 Å². The van der Waals surface area contributed by atoms with E-state index in [1.807, 2.05) is 0 Å².